The summed E-state index contributed by atoms with van der Waals surface area (Å²) < 4.78 is 19.7. The van der Waals surface area contributed by atoms with Crippen LogP contribution in [-0.4, -0.2) is 42.1 Å². The maximum absolute atomic E-state index is 14.1. The summed E-state index contributed by atoms with van der Waals surface area (Å²) in [5.74, 6) is 0.395. The number of benzene rings is 2. The number of fused-ring (bicyclic) bond motifs is 1. The molecule has 0 unspecified atom stereocenters. The molecule has 4 nitrogen and oxygen atoms in total. The quantitative estimate of drug-likeness (QED) is 0.547. The second-order valence-electron chi connectivity index (χ2n) is 9.49. The third kappa shape index (κ3) is 4.51. The molecule has 5 rings (SSSR count). The number of likely N-dealkylation sites (tertiary alicyclic amines) is 1. The van der Waals surface area contributed by atoms with E-state index in [1.54, 1.807) is 12.1 Å². The van der Waals surface area contributed by atoms with Gasteiger partial charge in [-0.25, -0.2) is 4.39 Å². The van der Waals surface area contributed by atoms with Crippen LogP contribution in [0.2, 0.25) is 0 Å². The maximum Gasteiger partial charge on any atom is 0.233 e. The summed E-state index contributed by atoms with van der Waals surface area (Å²) in [6.07, 6.45) is 7.21. The van der Waals surface area contributed by atoms with Gasteiger partial charge in [-0.3, -0.25) is 9.78 Å². The lowest BCUT2D eigenvalue weighted by molar-refractivity contribution is -0.141. The third-order valence-electron chi connectivity index (χ3n) is 7.52. The number of ether oxygens (including phenoxy) is 1. The van der Waals surface area contributed by atoms with Gasteiger partial charge in [0.15, 0.2) is 0 Å². The van der Waals surface area contributed by atoms with Gasteiger partial charge in [0.1, 0.15) is 5.82 Å². The summed E-state index contributed by atoms with van der Waals surface area (Å²) in [4.78, 5) is 20.5. The van der Waals surface area contributed by atoms with Crippen LogP contribution in [0.5, 0.6) is 0 Å². The van der Waals surface area contributed by atoms with E-state index < -0.39 is 5.41 Å². The highest BCUT2D eigenvalue weighted by Crippen LogP contribution is 2.38. The Bertz CT molecular complexity index is 1120. The molecule has 2 aromatic carbocycles. The van der Waals surface area contributed by atoms with Crippen LogP contribution in [-0.2, 0) is 21.4 Å². The zero-order chi connectivity index (χ0) is 22.7. The van der Waals surface area contributed by atoms with Gasteiger partial charge in [0.25, 0.3) is 0 Å². The fourth-order valence-corrected chi connectivity index (χ4v) is 5.65. The van der Waals surface area contributed by atoms with Crippen LogP contribution in [0, 0.1) is 11.7 Å². The van der Waals surface area contributed by atoms with Crippen molar-refractivity contribution in [2.45, 2.75) is 43.9 Å². The lowest BCUT2D eigenvalue weighted by atomic mass is 9.73. The molecular weight excluding hydrogens is 415 g/mol. The number of halogens is 1. The number of carbonyl (C=O) groups excluding carboxylic acids is 1. The van der Waals surface area contributed by atoms with Gasteiger partial charge in [-0.05, 0) is 79.8 Å². The lowest BCUT2D eigenvalue weighted by Gasteiger charge is -2.40. The van der Waals surface area contributed by atoms with E-state index in [9.17, 15) is 9.18 Å². The smallest absolute Gasteiger partial charge is 0.233 e. The second kappa shape index (κ2) is 9.60. The molecule has 0 bridgehead atoms. The van der Waals surface area contributed by atoms with E-state index >= 15 is 0 Å². The van der Waals surface area contributed by atoms with Crippen LogP contribution >= 0.6 is 0 Å². The molecule has 3 aromatic rings. The van der Waals surface area contributed by atoms with Crippen molar-refractivity contribution in [2.24, 2.45) is 5.92 Å². The molecule has 2 saturated heterocycles. The number of nitrogens with zero attached hydrogens (tertiary/aromatic N) is 2. The Labute approximate surface area is 194 Å². The Morgan fingerprint density at radius 2 is 1.91 bits per heavy atom. The van der Waals surface area contributed by atoms with Crippen LogP contribution in [0.15, 0.2) is 60.8 Å². The summed E-state index contributed by atoms with van der Waals surface area (Å²) in [6.45, 7) is 2.59. The summed E-state index contributed by atoms with van der Waals surface area (Å²) in [5.41, 5.74) is 2.49. The van der Waals surface area contributed by atoms with Gasteiger partial charge >= 0.3 is 0 Å². The van der Waals surface area contributed by atoms with E-state index in [1.807, 2.05) is 23.2 Å². The SMILES string of the molecule is O=C(N1CCC[C@@H](Cc2ccnc3ccccc23)CC1)C1(c2cccc(F)c2)CCOCC1. The molecule has 5 heteroatoms. The maximum atomic E-state index is 14.1. The first-order chi connectivity index (χ1) is 16.2. The van der Waals surface area contributed by atoms with Crippen molar-refractivity contribution in [2.75, 3.05) is 26.3 Å². The molecule has 0 radical (unpaired) electrons. The van der Waals surface area contributed by atoms with Crippen molar-refractivity contribution in [1.82, 2.24) is 9.88 Å². The number of hydrogen-bond donors (Lipinski definition) is 0. The molecule has 0 spiro atoms. The fourth-order valence-electron chi connectivity index (χ4n) is 5.65. The standard InChI is InChI=1S/C28H31FN2O2/c29-24-7-3-6-23(20-24)28(12-17-33-18-13-28)27(32)31-15-4-5-21(11-16-31)19-22-10-14-30-26-9-2-1-8-25(22)26/h1-3,6-10,14,20-21H,4-5,11-13,15-19H2/t21-/m1/s1. The van der Waals surface area contributed by atoms with Gasteiger partial charge < -0.3 is 9.64 Å². The molecule has 1 aromatic heterocycles. The summed E-state index contributed by atoms with van der Waals surface area (Å²) in [6, 6.07) is 17.0. The molecule has 33 heavy (non-hydrogen) atoms. The molecule has 2 aliphatic rings. The van der Waals surface area contributed by atoms with Crippen LogP contribution in [0.25, 0.3) is 10.9 Å². The Hall–Kier alpha value is -2.79. The van der Waals surface area contributed by atoms with Crippen molar-refractivity contribution < 1.29 is 13.9 Å². The van der Waals surface area contributed by atoms with E-state index in [4.69, 9.17) is 4.74 Å². The Morgan fingerprint density at radius 1 is 1.06 bits per heavy atom. The highest BCUT2D eigenvalue weighted by Gasteiger charge is 2.44. The Morgan fingerprint density at radius 3 is 2.76 bits per heavy atom. The van der Waals surface area contributed by atoms with Crippen molar-refractivity contribution in [3.05, 3.63) is 77.7 Å². The molecular formula is C28H31FN2O2. The Kier molecular flexibility index (Phi) is 6.41. The number of pyridine rings is 1. The van der Waals surface area contributed by atoms with E-state index in [1.165, 1.54) is 17.0 Å². The molecule has 0 aliphatic carbocycles. The first-order valence-electron chi connectivity index (χ1n) is 12.1. The minimum atomic E-state index is -0.679. The highest BCUT2D eigenvalue weighted by atomic mass is 19.1. The van der Waals surface area contributed by atoms with Crippen molar-refractivity contribution in [3.63, 3.8) is 0 Å². The van der Waals surface area contributed by atoms with Gasteiger partial charge in [0, 0.05) is 37.9 Å². The first-order valence-corrected chi connectivity index (χ1v) is 12.1. The van der Waals surface area contributed by atoms with Crippen molar-refractivity contribution in [3.8, 4) is 0 Å². The predicted molar refractivity (Wildman–Crippen MR) is 127 cm³/mol. The van der Waals surface area contributed by atoms with E-state index in [0.29, 0.717) is 32.0 Å². The minimum absolute atomic E-state index is 0.145. The summed E-state index contributed by atoms with van der Waals surface area (Å²) in [5, 5.41) is 1.23. The summed E-state index contributed by atoms with van der Waals surface area (Å²) >= 11 is 0. The highest BCUT2D eigenvalue weighted by molar-refractivity contribution is 5.88. The van der Waals surface area contributed by atoms with Gasteiger partial charge in [-0.2, -0.15) is 0 Å². The molecule has 1 amide bonds. The minimum Gasteiger partial charge on any atom is -0.381 e. The molecule has 3 heterocycles. The number of para-hydroxylation sites is 1. The first kappa shape index (κ1) is 22.0. The Balaban J connectivity index is 1.33. The van der Waals surface area contributed by atoms with Gasteiger partial charge in [0.2, 0.25) is 5.91 Å². The van der Waals surface area contributed by atoms with Crippen LogP contribution in [0.3, 0.4) is 0 Å². The van der Waals surface area contributed by atoms with Gasteiger partial charge in [0.05, 0.1) is 10.9 Å². The number of hydrogen-bond acceptors (Lipinski definition) is 3. The van der Waals surface area contributed by atoms with E-state index in [2.05, 4.69) is 29.2 Å². The van der Waals surface area contributed by atoms with Crippen LogP contribution < -0.4 is 0 Å². The number of rotatable bonds is 4. The zero-order valence-electron chi connectivity index (χ0n) is 19.0. The number of amides is 1. The predicted octanol–water partition coefficient (Wildman–Crippen LogP) is 5.29. The largest absolute Gasteiger partial charge is 0.381 e. The van der Waals surface area contributed by atoms with Gasteiger partial charge in [-0.1, -0.05) is 30.3 Å². The molecule has 172 valence electrons. The van der Waals surface area contributed by atoms with Crippen LogP contribution in [0.1, 0.15) is 43.2 Å². The normalized spacial score (nSPS) is 21.0. The average Bonchev–Trinajstić information content (AvgIpc) is 3.10. The molecule has 0 saturated carbocycles. The molecule has 1 atom stereocenters. The number of aromatic nitrogens is 1. The fraction of sp³-hybridized carbons (Fsp3) is 0.429. The number of carbonyl (C=O) groups is 1. The van der Waals surface area contributed by atoms with E-state index in [-0.39, 0.29) is 11.7 Å². The summed E-state index contributed by atoms with van der Waals surface area (Å²) in [7, 11) is 0. The zero-order valence-corrected chi connectivity index (χ0v) is 19.0. The van der Waals surface area contributed by atoms with Crippen LogP contribution in [0.4, 0.5) is 4.39 Å². The molecule has 2 aliphatic heterocycles. The molecule has 2 fully saturated rings. The van der Waals surface area contributed by atoms with E-state index in [0.717, 1.165) is 49.9 Å². The van der Waals surface area contributed by atoms with Crippen molar-refractivity contribution in [1.29, 1.82) is 0 Å². The molecule has 0 N–H and O–H groups in total. The lowest BCUT2D eigenvalue weighted by Crippen LogP contribution is -2.50. The monoisotopic (exact) mass is 446 g/mol. The topological polar surface area (TPSA) is 42.4 Å². The van der Waals surface area contributed by atoms with Crippen molar-refractivity contribution >= 4 is 16.8 Å². The average molecular weight is 447 g/mol. The second-order valence-corrected chi connectivity index (χ2v) is 9.49. The van der Waals surface area contributed by atoms with Gasteiger partial charge in [-0.15, -0.1) is 0 Å². The third-order valence-corrected chi connectivity index (χ3v) is 7.52.